The Morgan fingerprint density at radius 3 is 2.27 bits per heavy atom. The Hall–Kier alpha value is -2.50. The van der Waals surface area contributed by atoms with Crippen molar-refractivity contribution in [1.82, 2.24) is 5.32 Å². The van der Waals surface area contributed by atoms with Crippen LogP contribution in [-0.4, -0.2) is 38.7 Å². The van der Waals surface area contributed by atoms with Crippen molar-refractivity contribution in [3.63, 3.8) is 0 Å². The predicted octanol–water partition coefficient (Wildman–Crippen LogP) is 1.78. The number of nitrogens with one attached hydrogen (secondary N) is 1. The lowest BCUT2D eigenvalue weighted by atomic mass is 10.2. The first-order chi connectivity index (χ1) is 10.5. The molecule has 1 atom stereocenters. The molecule has 6 nitrogen and oxygen atoms in total. The summed E-state index contributed by atoms with van der Waals surface area (Å²) in [7, 11) is 3.09. The lowest BCUT2D eigenvalue weighted by molar-refractivity contribution is -0.150. The molecule has 1 aromatic rings. The molecular weight excluding hydrogens is 286 g/mol. The first-order valence-corrected chi connectivity index (χ1v) is 6.89. The van der Waals surface area contributed by atoms with Crippen molar-refractivity contribution < 1.29 is 23.8 Å². The van der Waals surface area contributed by atoms with Gasteiger partial charge in [0, 0.05) is 18.7 Å². The number of esters is 1. The summed E-state index contributed by atoms with van der Waals surface area (Å²) < 4.78 is 15.3. The number of likely N-dealkylation sites (N-methyl/N-ethyl adjacent to an activating group) is 1. The molecule has 0 aliphatic carbocycles. The number of methoxy groups -OCH3 is 2. The molecule has 0 saturated carbocycles. The van der Waals surface area contributed by atoms with E-state index in [0.29, 0.717) is 18.0 Å². The third kappa shape index (κ3) is 5.47. The molecule has 0 saturated heterocycles. The second kappa shape index (κ2) is 8.71. The van der Waals surface area contributed by atoms with Crippen molar-refractivity contribution in [1.29, 1.82) is 0 Å². The molecule has 1 rings (SSSR count). The molecule has 0 aliphatic heterocycles. The van der Waals surface area contributed by atoms with E-state index in [1.807, 2.05) is 0 Å². The lowest BCUT2D eigenvalue weighted by Crippen LogP contribution is -2.35. The Labute approximate surface area is 130 Å². The molecular formula is C16H21NO5. The number of amides is 1. The highest BCUT2D eigenvalue weighted by molar-refractivity contribution is 5.90. The maximum absolute atomic E-state index is 11.7. The maximum atomic E-state index is 11.7. The van der Waals surface area contributed by atoms with Crippen molar-refractivity contribution in [2.45, 2.75) is 20.0 Å². The zero-order valence-electron chi connectivity index (χ0n) is 13.2. The summed E-state index contributed by atoms with van der Waals surface area (Å²) in [4.78, 5) is 23.2. The molecule has 0 heterocycles. The Bertz CT molecular complexity index is 531. The van der Waals surface area contributed by atoms with Crippen molar-refractivity contribution >= 4 is 18.0 Å². The highest BCUT2D eigenvalue weighted by atomic mass is 16.5. The van der Waals surface area contributed by atoms with E-state index in [0.717, 1.165) is 5.56 Å². The van der Waals surface area contributed by atoms with Crippen LogP contribution in [0, 0.1) is 0 Å². The van der Waals surface area contributed by atoms with E-state index in [2.05, 4.69) is 5.32 Å². The summed E-state index contributed by atoms with van der Waals surface area (Å²) in [6.07, 6.45) is 1.99. The molecule has 0 unspecified atom stereocenters. The molecule has 0 fully saturated rings. The van der Waals surface area contributed by atoms with Gasteiger partial charge in [-0.25, -0.2) is 4.79 Å². The van der Waals surface area contributed by atoms with Gasteiger partial charge >= 0.3 is 5.97 Å². The van der Waals surface area contributed by atoms with Crippen LogP contribution in [0.2, 0.25) is 0 Å². The number of benzene rings is 1. The molecule has 120 valence electrons. The average Bonchev–Trinajstić information content (AvgIpc) is 2.52. The van der Waals surface area contributed by atoms with E-state index in [-0.39, 0.29) is 5.91 Å². The maximum Gasteiger partial charge on any atom is 0.331 e. The van der Waals surface area contributed by atoms with Gasteiger partial charge in [0.25, 0.3) is 5.91 Å². The number of rotatable bonds is 7. The predicted molar refractivity (Wildman–Crippen MR) is 82.8 cm³/mol. The number of carbonyl (C=O) groups is 2. The van der Waals surface area contributed by atoms with Crippen LogP contribution in [0.3, 0.4) is 0 Å². The minimum Gasteiger partial charge on any atom is -0.497 e. The van der Waals surface area contributed by atoms with Gasteiger partial charge in [-0.3, -0.25) is 4.79 Å². The summed E-state index contributed by atoms with van der Waals surface area (Å²) in [5, 5.41) is 2.58. The minimum atomic E-state index is -0.836. The lowest BCUT2D eigenvalue weighted by Gasteiger charge is -2.11. The third-order valence-electron chi connectivity index (χ3n) is 2.80. The molecule has 0 radical (unpaired) electrons. The van der Waals surface area contributed by atoms with Crippen LogP contribution in [0.25, 0.3) is 6.08 Å². The third-order valence-corrected chi connectivity index (χ3v) is 2.80. The highest BCUT2D eigenvalue weighted by Gasteiger charge is 2.15. The molecule has 1 aromatic carbocycles. The smallest absolute Gasteiger partial charge is 0.331 e. The minimum absolute atomic E-state index is 0.327. The normalized spacial score (nSPS) is 11.8. The van der Waals surface area contributed by atoms with Gasteiger partial charge in [0.1, 0.15) is 11.5 Å². The fraction of sp³-hybridized carbons (Fsp3) is 0.375. The van der Waals surface area contributed by atoms with Gasteiger partial charge in [-0.05, 0) is 37.6 Å². The summed E-state index contributed by atoms with van der Waals surface area (Å²) in [6, 6.07) is 5.23. The van der Waals surface area contributed by atoms with E-state index in [1.165, 1.54) is 13.0 Å². The average molecular weight is 307 g/mol. The molecule has 0 aliphatic rings. The second-order valence-corrected chi connectivity index (χ2v) is 4.45. The fourth-order valence-electron chi connectivity index (χ4n) is 1.67. The molecule has 0 bridgehead atoms. The number of hydrogen-bond donors (Lipinski definition) is 1. The van der Waals surface area contributed by atoms with E-state index in [1.54, 1.807) is 45.4 Å². The largest absolute Gasteiger partial charge is 0.497 e. The molecule has 1 amide bonds. The van der Waals surface area contributed by atoms with Gasteiger partial charge in [0.2, 0.25) is 0 Å². The number of hydrogen-bond acceptors (Lipinski definition) is 5. The first-order valence-electron chi connectivity index (χ1n) is 6.89. The van der Waals surface area contributed by atoms with Crippen LogP contribution in [0.1, 0.15) is 19.4 Å². The summed E-state index contributed by atoms with van der Waals surface area (Å²) in [5.41, 5.74) is 0.721. The SMILES string of the molecule is CCNC(=O)[C@H](C)OC(=O)/C=C/c1cc(OC)cc(OC)c1. The van der Waals surface area contributed by atoms with Crippen molar-refractivity contribution in [3.05, 3.63) is 29.8 Å². The van der Waals surface area contributed by atoms with Crippen molar-refractivity contribution in [2.75, 3.05) is 20.8 Å². The quantitative estimate of drug-likeness (QED) is 0.614. The zero-order valence-corrected chi connectivity index (χ0v) is 13.2. The Balaban J connectivity index is 2.71. The molecule has 0 aromatic heterocycles. The molecule has 0 spiro atoms. The second-order valence-electron chi connectivity index (χ2n) is 4.45. The van der Waals surface area contributed by atoms with Gasteiger partial charge in [-0.15, -0.1) is 0 Å². The van der Waals surface area contributed by atoms with E-state index < -0.39 is 12.1 Å². The van der Waals surface area contributed by atoms with Crippen LogP contribution < -0.4 is 14.8 Å². The zero-order chi connectivity index (χ0) is 16.5. The Morgan fingerprint density at radius 2 is 1.77 bits per heavy atom. The molecule has 22 heavy (non-hydrogen) atoms. The fourth-order valence-corrected chi connectivity index (χ4v) is 1.67. The van der Waals surface area contributed by atoms with Crippen molar-refractivity contribution in [2.24, 2.45) is 0 Å². The summed E-state index contributed by atoms with van der Waals surface area (Å²) in [5.74, 6) is 0.305. The van der Waals surface area contributed by atoms with E-state index >= 15 is 0 Å². The molecule has 6 heteroatoms. The highest BCUT2D eigenvalue weighted by Crippen LogP contribution is 2.23. The van der Waals surface area contributed by atoms with Crippen LogP contribution in [-0.2, 0) is 14.3 Å². The standard InChI is InChI=1S/C16H21NO5/c1-5-17-16(19)11(2)22-15(18)7-6-12-8-13(20-3)10-14(9-12)21-4/h6-11H,5H2,1-4H3,(H,17,19)/b7-6+/t11-/m0/s1. The van der Waals surface area contributed by atoms with Crippen LogP contribution >= 0.6 is 0 Å². The monoisotopic (exact) mass is 307 g/mol. The van der Waals surface area contributed by atoms with E-state index in [4.69, 9.17) is 14.2 Å². The van der Waals surface area contributed by atoms with Crippen LogP contribution in [0.4, 0.5) is 0 Å². The van der Waals surface area contributed by atoms with E-state index in [9.17, 15) is 9.59 Å². The molecule has 1 N–H and O–H groups in total. The van der Waals surface area contributed by atoms with Crippen LogP contribution in [0.5, 0.6) is 11.5 Å². The summed E-state index contributed by atoms with van der Waals surface area (Å²) >= 11 is 0. The van der Waals surface area contributed by atoms with Gasteiger partial charge in [0.15, 0.2) is 6.10 Å². The van der Waals surface area contributed by atoms with Crippen LogP contribution in [0.15, 0.2) is 24.3 Å². The summed E-state index contributed by atoms with van der Waals surface area (Å²) in [6.45, 7) is 3.80. The Morgan fingerprint density at radius 1 is 1.18 bits per heavy atom. The number of carbonyl (C=O) groups excluding carboxylic acids is 2. The van der Waals surface area contributed by atoms with Gasteiger partial charge in [-0.1, -0.05) is 0 Å². The number of ether oxygens (including phenoxy) is 3. The van der Waals surface area contributed by atoms with Gasteiger partial charge < -0.3 is 19.5 Å². The Kier molecular flexibility index (Phi) is 6.95. The van der Waals surface area contributed by atoms with Crippen molar-refractivity contribution in [3.8, 4) is 11.5 Å². The van der Waals surface area contributed by atoms with Gasteiger partial charge in [-0.2, -0.15) is 0 Å². The topological polar surface area (TPSA) is 73.9 Å². The van der Waals surface area contributed by atoms with Gasteiger partial charge in [0.05, 0.1) is 14.2 Å². The first kappa shape index (κ1) is 17.6.